The van der Waals surface area contributed by atoms with Gasteiger partial charge in [-0.15, -0.1) is 0 Å². The third-order valence-corrected chi connectivity index (χ3v) is 10.4. The average molecular weight is 643 g/mol. The fourth-order valence-corrected chi connectivity index (χ4v) is 7.62. The molecule has 0 spiro atoms. The number of fused-ring (bicyclic) bond motifs is 2. The molecule has 3 nitrogen and oxygen atoms in total. The first-order valence-electron chi connectivity index (χ1n) is 16.1. The zero-order valence-electron chi connectivity index (χ0n) is 26.4. The average Bonchev–Trinajstić information content (AvgIpc) is 3.09. The zero-order valence-corrected chi connectivity index (χ0v) is 28.0. The van der Waals surface area contributed by atoms with Crippen LogP contribution in [0.3, 0.4) is 0 Å². The number of ketones is 2. The molecule has 1 aliphatic rings. The lowest BCUT2D eigenvalue weighted by molar-refractivity contribution is 0.0974. The first-order chi connectivity index (χ1) is 22.5. The summed E-state index contributed by atoms with van der Waals surface area (Å²) in [4.78, 5) is 31.5. The van der Waals surface area contributed by atoms with Crippen LogP contribution in [0.1, 0.15) is 88.1 Å². The van der Waals surface area contributed by atoms with Crippen molar-refractivity contribution in [2.45, 2.75) is 78.6 Å². The monoisotopic (exact) mass is 642 g/mol. The summed E-state index contributed by atoms with van der Waals surface area (Å²) in [6.45, 7) is 4.92. The topological polar surface area (TPSA) is 43.4 Å². The Labute approximate surface area is 280 Å². The van der Waals surface area contributed by atoms with Gasteiger partial charge in [-0.3, -0.25) is 9.59 Å². The van der Waals surface area contributed by atoms with Crippen molar-refractivity contribution in [1.82, 2.24) is 0 Å². The smallest absolute Gasteiger partial charge is 0.195 e. The maximum Gasteiger partial charge on any atom is 0.195 e. The Morgan fingerprint density at radius 3 is 1.43 bits per heavy atom. The van der Waals surface area contributed by atoms with Crippen LogP contribution in [0, 0.1) is 0 Å². The molecule has 0 atom stereocenters. The number of hydrogen-bond acceptors (Lipinski definition) is 5. The zero-order chi connectivity index (χ0) is 31.9. The highest BCUT2D eigenvalue weighted by Gasteiger charge is 2.33. The van der Waals surface area contributed by atoms with Crippen molar-refractivity contribution >= 4 is 35.1 Å². The molecular weight excluding hydrogens is 605 g/mol. The van der Waals surface area contributed by atoms with Crippen LogP contribution in [0.15, 0.2) is 129 Å². The predicted octanol–water partition coefficient (Wildman–Crippen LogP) is 11.0. The van der Waals surface area contributed by atoms with Gasteiger partial charge >= 0.3 is 0 Å². The molecule has 0 amide bonds. The number of aryl methyl sites for hydroxylation is 2. The summed E-state index contributed by atoms with van der Waals surface area (Å²) < 4.78 is 6.04. The van der Waals surface area contributed by atoms with Gasteiger partial charge in [0.1, 0.15) is 12.4 Å². The lowest BCUT2D eigenvalue weighted by atomic mass is 9.84. The minimum absolute atomic E-state index is 0.100. The molecule has 0 unspecified atom stereocenters. The Balaban J connectivity index is 1.16. The molecule has 0 aromatic heterocycles. The molecule has 0 saturated heterocycles. The minimum Gasteiger partial charge on any atom is -0.489 e. The summed E-state index contributed by atoms with van der Waals surface area (Å²) >= 11 is 3.03. The van der Waals surface area contributed by atoms with Crippen LogP contribution in [-0.2, 0) is 19.4 Å². The first kappa shape index (κ1) is 31.9. The molecule has 5 aromatic rings. The minimum atomic E-state index is -0.106. The molecule has 0 saturated carbocycles. The van der Waals surface area contributed by atoms with E-state index in [1.54, 1.807) is 12.1 Å². The van der Waals surface area contributed by atoms with Crippen molar-refractivity contribution < 1.29 is 14.3 Å². The molecule has 1 aliphatic carbocycles. The summed E-state index contributed by atoms with van der Waals surface area (Å²) in [6.07, 6.45) is 6.92. The molecular formula is C41H38O3S2. The van der Waals surface area contributed by atoms with E-state index in [-0.39, 0.29) is 11.6 Å². The molecule has 0 bridgehead atoms. The lowest BCUT2D eigenvalue weighted by Gasteiger charge is -2.22. The highest BCUT2D eigenvalue weighted by atomic mass is 32.2. The van der Waals surface area contributed by atoms with Gasteiger partial charge in [-0.25, -0.2) is 0 Å². The molecule has 0 N–H and O–H groups in total. The molecule has 6 rings (SSSR count). The van der Waals surface area contributed by atoms with Gasteiger partial charge < -0.3 is 4.74 Å². The van der Waals surface area contributed by atoms with Crippen LogP contribution in [0.4, 0.5) is 0 Å². The Kier molecular flexibility index (Phi) is 10.4. The first-order valence-corrected chi connectivity index (χ1v) is 17.8. The quantitative estimate of drug-likeness (QED) is 0.125. The number of carbonyl (C=O) groups is 2. The fourth-order valence-electron chi connectivity index (χ4n) is 5.66. The van der Waals surface area contributed by atoms with Crippen molar-refractivity contribution in [2.75, 3.05) is 0 Å². The van der Waals surface area contributed by atoms with Gasteiger partial charge in [0, 0.05) is 41.8 Å². The van der Waals surface area contributed by atoms with Crippen LogP contribution in [0.25, 0.3) is 0 Å². The second kappa shape index (κ2) is 15.0. The lowest BCUT2D eigenvalue weighted by Crippen LogP contribution is -2.22. The maximum atomic E-state index is 14.0. The van der Waals surface area contributed by atoms with Crippen molar-refractivity contribution in [3.63, 3.8) is 0 Å². The molecule has 232 valence electrons. The van der Waals surface area contributed by atoms with Gasteiger partial charge in [0.2, 0.25) is 0 Å². The summed E-state index contributed by atoms with van der Waals surface area (Å²) in [5.41, 5.74) is 5.73. The van der Waals surface area contributed by atoms with E-state index in [0.29, 0.717) is 28.9 Å². The summed E-state index contributed by atoms with van der Waals surface area (Å²) in [5, 5.41) is 0. The van der Waals surface area contributed by atoms with E-state index in [1.807, 2.05) is 48.5 Å². The highest BCUT2D eigenvalue weighted by Crippen LogP contribution is 2.41. The van der Waals surface area contributed by atoms with Gasteiger partial charge in [0.05, 0.1) is 0 Å². The predicted molar refractivity (Wildman–Crippen MR) is 189 cm³/mol. The van der Waals surface area contributed by atoms with Crippen LogP contribution >= 0.6 is 23.5 Å². The molecule has 0 heterocycles. The number of hydrogen-bond donors (Lipinski definition) is 0. The molecule has 0 aliphatic heterocycles. The largest absolute Gasteiger partial charge is 0.489 e. The van der Waals surface area contributed by atoms with Crippen molar-refractivity contribution in [2.24, 2.45) is 0 Å². The molecule has 5 heteroatoms. The highest BCUT2D eigenvalue weighted by molar-refractivity contribution is 7.99. The molecule has 46 heavy (non-hydrogen) atoms. The van der Waals surface area contributed by atoms with Crippen molar-refractivity contribution in [3.8, 4) is 5.75 Å². The van der Waals surface area contributed by atoms with E-state index in [2.05, 4.69) is 62.4 Å². The van der Waals surface area contributed by atoms with E-state index in [0.717, 1.165) is 43.7 Å². The van der Waals surface area contributed by atoms with Crippen molar-refractivity contribution in [1.29, 1.82) is 0 Å². The van der Waals surface area contributed by atoms with Crippen LogP contribution in [0.2, 0.25) is 0 Å². The Hall–Kier alpha value is -4.06. The maximum absolute atomic E-state index is 14.0. The van der Waals surface area contributed by atoms with Gasteiger partial charge in [-0.05, 0) is 90.9 Å². The standard InChI is InChI=1S/C41H38O3S2/c1-3-5-9-28-15-17-30(18-16-28)27-44-31-21-25-33(26-22-31)46-37-14-8-12-35-39(37)41(43)34-11-7-13-36(38(34)40(35)42)45-32-23-19-29(20-24-32)10-6-4-2/h7-8,11-26H,3-6,9-10,27H2,1-2H3. The number of rotatable bonds is 13. The Bertz CT molecular complexity index is 1820. The van der Waals surface area contributed by atoms with Gasteiger partial charge in [0.25, 0.3) is 0 Å². The molecule has 5 aromatic carbocycles. The Morgan fingerprint density at radius 2 is 0.957 bits per heavy atom. The third kappa shape index (κ3) is 7.32. The van der Waals surface area contributed by atoms with Crippen LogP contribution < -0.4 is 4.74 Å². The number of carbonyl (C=O) groups excluding carboxylic acids is 2. The van der Waals surface area contributed by atoms with E-state index in [9.17, 15) is 9.59 Å². The van der Waals surface area contributed by atoms with Crippen LogP contribution in [0.5, 0.6) is 5.75 Å². The number of unbranched alkanes of at least 4 members (excludes halogenated alkanes) is 2. The third-order valence-electron chi connectivity index (χ3n) is 8.27. The van der Waals surface area contributed by atoms with Gasteiger partial charge in [-0.2, -0.15) is 0 Å². The van der Waals surface area contributed by atoms with Crippen LogP contribution in [-0.4, -0.2) is 11.6 Å². The Morgan fingerprint density at radius 1 is 0.522 bits per heavy atom. The van der Waals surface area contributed by atoms with E-state index in [1.165, 1.54) is 60.3 Å². The number of ether oxygens (including phenoxy) is 1. The van der Waals surface area contributed by atoms with Gasteiger partial charge in [-0.1, -0.05) is 111 Å². The van der Waals surface area contributed by atoms with E-state index >= 15 is 0 Å². The van der Waals surface area contributed by atoms with E-state index < -0.39 is 0 Å². The molecule has 0 radical (unpaired) electrons. The fraction of sp³-hybridized carbons (Fsp3) is 0.220. The number of benzene rings is 5. The summed E-state index contributed by atoms with van der Waals surface area (Å²) in [7, 11) is 0. The second-order valence-corrected chi connectivity index (χ2v) is 13.9. The summed E-state index contributed by atoms with van der Waals surface area (Å²) in [5.74, 6) is 0.581. The summed E-state index contributed by atoms with van der Waals surface area (Å²) in [6, 6.07) is 36.2. The van der Waals surface area contributed by atoms with E-state index in [4.69, 9.17) is 4.74 Å². The normalized spacial score (nSPS) is 12.1. The molecule has 0 fully saturated rings. The SMILES string of the molecule is CCCCc1ccc(COc2ccc(Sc3cccc4c3C(=O)c3cccc(Sc5ccc(CCCC)cc5)c3C4=O)cc2)cc1. The van der Waals surface area contributed by atoms with Gasteiger partial charge in [0.15, 0.2) is 11.6 Å². The second-order valence-electron chi connectivity index (χ2n) is 11.6. The van der Waals surface area contributed by atoms with Crippen molar-refractivity contribution in [3.05, 3.63) is 148 Å².